The standard InChI is InChI=1S/C8H13N/c1-6(2)8-4-3-7(8)5-9/h6-8H,3-4H2,1-2H3. The molecule has 1 fully saturated rings. The van der Waals surface area contributed by atoms with Gasteiger partial charge in [0, 0.05) is 5.92 Å². The Morgan fingerprint density at radius 3 is 2.22 bits per heavy atom. The lowest BCUT2D eigenvalue weighted by molar-refractivity contribution is 0.169. The monoisotopic (exact) mass is 123 g/mol. The minimum atomic E-state index is 0.380. The van der Waals surface area contributed by atoms with Gasteiger partial charge in [-0.25, -0.2) is 0 Å². The van der Waals surface area contributed by atoms with Crippen molar-refractivity contribution in [1.29, 1.82) is 5.26 Å². The van der Waals surface area contributed by atoms with Crippen molar-refractivity contribution in [1.82, 2.24) is 0 Å². The molecule has 0 spiro atoms. The highest BCUT2D eigenvalue weighted by Gasteiger charge is 2.32. The van der Waals surface area contributed by atoms with Crippen LogP contribution in [-0.4, -0.2) is 0 Å². The van der Waals surface area contributed by atoms with Gasteiger partial charge in [-0.05, 0) is 24.7 Å². The van der Waals surface area contributed by atoms with Crippen LogP contribution < -0.4 is 0 Å². The predicted octanol–water partition coefficient (Wildman–Crippen LogP) is 2.19. The summed E-state index contributed by atoms with van der Waals surface area (Å²) in [6.07, 6.45) is 2.41. The van der Waals surface area contributed by atoms with Crippen LogP contribution in [0.5, 0.6) is 0 Å². The maximum Gasteiger partial charge on any atom is 0.0658 e. The molecular formula is C8H13N. The topological polar surface area (TPSA) is 23.8 Å². The van der Waals surface area contributed by atoms with Crippen molar-refractivity contribution in [2.75, 3.05) is 0 Å². The second kappa shape index (κ2) is 2.39. The van der Waals surface area contributed by atoms with Crippen LogP contribution in [0.1, 0.15) is 26.7 Å². The summed E-state index contributed by atoms with van der Waals surface area (Å²) >= 11 is 0. The fourth-order valence-corrected chi connectivity index (χ4v) is 1.48. The molecule has 0 bridgehead atoms. The largest absolute Gasteiger partial charge is 0.198 e. The number of rotatable bonds is 1. The van der Waals surface area contributed by atoms with E-state index in [9.17, 15) is 0 Å². The first kappa shape index (κ1) is 6.61. The summed E-state index contributed by atoms with van der Waals surface area (Å²) < 4.78 is 0. The molecule has 1 aliphatic carbocycles. The second-order valence-electron chi connectivity index (χ2n) is 3.22. The minimum absolute atomic E-state index is 0.380. The van der Waals surface area contributed by atoms with Gasteiger partial charge >= 0.3 is 0 Å². The van der Waals surface area contributed by atoms with E-state index in [1.165, 1.54) is 6.42 Å². The molecule has 0 amide bonds. The number of hydrogen-bond acceptors (Lipinski definition) is 1. The molecule has 1 rings (SSSR count). The van der Waals surface area contributed by atoms with Crippen molar-refractivity contribution in [3.63, 3.8) is 0 Å². The van der Waals surface area contributed by atoms with Gasteiger partial charge in [-0.15, -0.1) is 0 Å². The van der Waals surface area contributed by atoms with Gasteiger partial charge < -0.3 is 0 Å². The molecule has 0 heterocycles. The number of nitriles is 1. The third-order valence-corrected chi connectivity index (χ3v) is 2.35. The van der Waals surface area contributed by atoms with Gasteiger partial charge in [-0.3, -0.25) is 0 Å². The maximum absolute atomic E-state index is 8.56. The average molecular weight is 123 g/mol. The third-order valence-electron chi connectivity index (χ3n) is 2.35. The Labute approximate surface area is 56.7 Å². The van der Waals surface area contributed by atoms with Crippen molar-refractivity contribution < 1.29 is 0 Å². The lowest BCUT2D eigenvalue weighted by atomic mass is 9.69. The van der Waals surface area contributed by atoms with Gasteiger partial charge in [0.05, 0.1) is 6.07 Å². The lowest BCUT2D eigenvalue weighted by Gasteiger charge is -2.34. The van der Waals surface area contributed by atoms with Crippen LogP contribution in [-0.2, 0) is 0 Å². The first-order valence-corrected chi connectivity index (χ1v) is 3.65. The highest BCUT2D eigenvalue weighted by atomic mass is 14.4. The van der Waals surface area contributed by atoms with Crippen molar-refractivity contribution in [3.8, 4) is 6.07 Å². The Morgan fingerprint density at radius 2 is 2.11 bits per heavy atom. The molecule has 0 aromatic rings. The lowest BCUT2D eigenvalue weighted by Crippen LogP contribution is -2.28. The summed E-state index contributed by atoms with van der Waals surface area (Å²) in [6, 6.07) is 2.33. The zero-order chi connectivity index (χ0) is 6.85. The molecule has 0 saturated heterocycles. The van der Waals surface area contributed by atoms with E-state index in [2.05, 4.69) is 19.9 Å². The molecule has 50 valence electrons. The molecule has 0 aromatic heterocycles. The smallest absolute Gasteiger partial charge is 0.0658 e. The molecule has 1 saturated carbocycles. The predicted molar refractivity (Wildman–Crippen MR) is 36.7 cm³/mol. The molecule has 1 nitrogen and oxygen atoms in total. The molecule has 1 aliphatic rings. The van der Waals surface area contributed by atoms with Crippen LogP contribution in [0.2, 0.25) is 0 Å². The molecule has 1 heteroatoms. The summed E-state index contributed by atoms with van der Waals surface area (Å²) in [7, 11) is 0. The quantitative estimate of drug-likeness (QED) is 0.524. The molecule has 0 aliphatic heterocycles. The van der Waals surface area contributed by atoms with Crippen molar-refractivity contribution in [3.05, 3.63) is 0 Å². The zero-order valence-corrected chi connectivity index (χ0v) is 6.09. The zero-order valence-electron chi connectivity index (χ0n) is 6.09. The van der Waals surface area contributed by atoms with Crippen molar-refractivity contribution in [2.24, 2.45) is 17.8 Å². The van der Waals surface area contributed by atoms with Crippen molar-refractivity contribution >= 4 is 0 Å². The van der Waals surface area contributed by atoms with E-state index >= 15 is 0 Å². The van der Waals surface area contributed by atoms with Gasteiger partial charge in [0.25, 0.3) is 0 Å². The van der Waals surface area contributed by atoms with Crippen molar-refractivity contribution in [2.45, 2.75) is 26.7 Å². The third kappa shape index (κ3) is 1.08. The average Bonchev–Trinajstić information content (AvgIpc) is 1.61. The Bertz CT molecular complexity index is 132. The Morgan fingerprint density at radius 1 is 1.44 bits per heavy atom. The fourth-order valence-electron chi connectivity index (χ4n) is 1.48. The fraction of sp³-hybridized carbons (Fsp3) is 0.875. The molecular weight excluding hydrogens is 110 g/mol. The molecule has 2 unspecified atom stereocenters. The minimum Gasteiger partial charge on any atom is -0.198 e. The van der Waals surface area contributed by atoms with Gasteiger partial charge in [0.2, 0.25) is 0 Å². The van der Waals surface area contributed by atoms with Crippen LogP contribution in [0.25, 0.3) is 0 Å². The van der Waals surface area contributed by atoms with E-state index in [1.807, 2.05) is 0 Å². The first-order valence-electron chi connectivity index (χ1n) is 3.65. The van der Waals surface area contributed by atoms with Gasteiger partial charge in [0.15, 0.2) is 0 Å². The van der Waals surface area contributed by atoms with E-state index in [-0.39, 0.29) is 0 Å². The van der Waals surface area contributed by atoms with Crippen LogP contribution in [0.15, 0.2) is 0 Å². The van der Waals surface area contributed by atoms with E-state index in [4.69, 9.17) is 5.26 Å². The summed E-state index contributed by atoms with van der Waals surface area (Å²) in [5, 5.41) is 8.56. The second-order valence-corrected chi connectivity index (χ2v) is 3.22. The van der Waals surface area contributed by atoms with Crippen LogP contribution >= 0.6 is 0 Å². The highest BCUT2D eigenvalue weighted by Crippen LogP contribution is 2.38. The van der Waals surface area contributed by atoms with Crippen LogP contribution in [0.4, 0.5) is 0 Å². The summed E-state index contributed by atoms with van der Waals surface area (Å²) in [6.45, 7) is 4.41. The van der Waals surface area contributed by atoms with E-state index in [0.717, 1.165) is 6.42 Å². The first-order chi connectivity index (χ1) is 4.25. The molecule has 2 atom stereocenters. The van der Waals surface area contributed by atoms with Gasteiger partial charge in [0.1, 0.15) is 0 Å². The highest BCUT2D eigenvalue weighted by molar-refractivity contribution is 4.96. The SMILES string of the molecule is CC(C)C1CCC1C#N. The summed E-state index contributed by atoms with van der Waals surface area (Å²) in [5.74, 6) is 1.79. The normalized spacial score (nSPS) is 33.6. The Balaban J connectivity index is 2.38. The molecule has 0 N–H and O–H groups in total. The molecule has 9 heavy (non-hydrogen) atoms. The molecule has 0 radical (unpaired) electrons. The van der Waals surface area contributed by atoms with E-state index in [0.29, 0.717) is 17.8 Å². The van der Waals surface area contributed by atoms with Crippen LogP contribution in [0.3, 0.4) is 0 Å². The van der Waals surface area contributed by atoms with E-state index < -0.39 is 0 Å². The molecule has 0 aromatic carbocycles. The maximum atomic E-state index is 8.56. The summed E-state index contributed by atoms with van der Waals surface area (Å²) in [5.41, 5.74) is 0. The van der Waals surface area contributed by atoms with E-state index in [1.54, 1.807) is 0 Å². The van der Waals surface area contributed by atoms with Crippen LogP contribution in [0, 0.1) is 29.1 Å². The van der Waals surface area contributed by atoms with Gasteiger partial charge in [-0.2, -0.15) is 5.26 Å². The Hall–Kier alpha value is -0.510. The van der Waals surface area contributed by atoms with Gasteiger partial charge in [-0.1, -0.05) is 13.8 Å². The summed E-state index contributed by atoms with van der Waals surface area (Å²) in [4.78, 5) is 0. The Kier molecular flexibility index (Phi) is 1.75. The number of hydrogen-bond donors (Lipinski definition) is 0. The number of nitrogens with zero attached hydrogens (tertiary/aromatic N) is 1.